The van der Waals surface area contributed by atoms with Gasteiger partial charge in [-0.15, -0.1) is 0 Å². The van der Waals surface area contributed by atoms with Crippen molar-refractivity contribution < 1.29 is 22.7 Å². The lowest BCUT2D eigenvalue weighted by Gasteiger charge is -2.32. The molecular weight excluding hydrogens is 432 g/mol. The second kappa shape index (κ2) is 9.85. The molecule has 3 heterocycles. The van der Waals surface area contributed by atoms with E-state index in [1.807, 2.05) is 6.07 Å². The fourth-order valence-corrected chi connectivity index (χ4v) is 5.48. The number of anilines is 2. The minimum Gasteiger partial charge on any atom is -0.497 e. The molecular formula is C22H28N4O5S. The molecule has 0 radical (unpaired) electrons. The van der Waals surface area contributed by atoms with Gasteiger partial charge in [0.1, 0.15) is 5.75 Å². The average Bonchev–Trinajstić information content (AvgIpc) is 2.85. The first-order valence-corrected chi connectivity index (χ1v) is 12.2. The highest BCUT2D eigenvalue weighted by atomic mass is 32.2. The highest BCUT2D eigenvalue weighted by molar-refractivity contribution is 7.89. The molecule has 10 heteroatoms. The molecule has 1 amide bonds. The SMILES string of the molecule is COc1ccc(S(=O)(=O)N2CCC(C(=O)Nc3cccnc3N3CCOCC3)CC2)cc1. The van der Waals surface area contributed by atoms with Crippen molar-refractivity contribution in [2.75, 3.05) is 56.7 Å². The van der Waals surface area contributed by atoms with E-state index in [9.17, 15) is 13.2 Å². The summed E-state index contributed by atoms with van der Waals surface area (Å²) in [6.07, 6.45) is 2.64. The van der Waals surface area contributed by atoms with Crippen LogP contribution in [0.15, 0.2) is 47.5 Å². The summed E-state index contributed by atoms with van der Waals surface area (Å²) in [6.45, 7) is 3.31. The van der Waals surface area contributed by atoms with Crippen LogP contribution in [0.5, 0.6) is 5.75 Å². The predicted molar refractivity (Wildman–Crippen MR) is 120 cm³/mol. The normalized spacial score (nSPS) is 18.3. The summed E-state index contributed by atoms with van der Waals surface area (Å²) in [7, 11) is -2.06. The number of piperidine rings is 1. The molecule has 0 spiro atoms. The third-order valence-electron chi connectivity index (χ3n) is 5.88. The van der Waals surface area contributed by atoms with Crippen LogP contribution in [0.25, 0.3) is 0 Å². The van der Waals surface area contributed by atoms with E-state index in [0.717, 1.165) is 18.9 Å². The lowest BCUT2D eigenvalue weighted by Crippen LogP contribution is -2.41. The number of benzene rings is 1. The number of sulfonamides is 1. The van der Waals surface area contributed by atoms with E-state index in [0.29, 0.717) is 50.6 Å². The van der Waals surface area contributed by atoms with Crippen LogP contribution >= 0.6 is 0 Å². The van der Waals surface area contributed by atoms with Gasteiger partial charge < -0.3 is 19.7 Å². The van der Waals surface area contributed by atoms with Crippen molar-refractivity contribution in [2.24, 2.45) is 5.92 Å². The molecule has 0 atom stereocenters. The third-order valence-corrected chi connectivity index (χ3v) is 7.79. The fraction of sp³-hybridized carbons (Fsp3) is 0.455. The standard InChI is InChI=1S/C22H28N4O5S/c1-30-18-4-6-19(7-5-18)32(28,29)26-11-8-17(9-12-26)22(27)24-20-3-2-10-23-21(20)25-13-15-31-16-14-25/h2-7,10,17H,8-9,11-16H2,1H3,(H,24,27). The second-order valence-corrected chi connectivity index (χ2v) is 9.76. The van der Waals surface area contributed by atoms with Crippen LogP contribution in [-0.2, 0) is 19.6 Å². The summed E-state index contributed by atoms with van der Waals surface area (Å²) < 4.78 is 37.8. The van der Waals surface area contributed by atoms with E-state index in [1.54, 1.807) is 36.5 Å². The molecule has 0 bridgehead atoms. The molecule has 1 aromatic heterocycles. The summed E-state index contributed by atoms with van der Waals surface area (Å²) >= 11 is 0. The summed E-state index contributed by atoms with van der Waals surface area (Å²) in [5.41, 5.74) is 0.674. The minimum atomic E-state index is -3.60. The number of carbonyl (C=O) groups is 1. The van der Waals surface area contributed by atoms with Crippen molar-refractivity contribution in [3.8, 4) is 5.75 Å². The van der Waals surface area contributed by atoms with Crippen LogP contribution in [0.1, 0.15) is 12.8 Å². The number of carbonyl (C=O) groups excluding carboxylic acids is 1. The quantitative estimate of drug-likeness (QED) is 0.703. The molecule has 4 rings (SSSR count). The Morgan fingerprint density at radius 3 is 2.44 bits per heavy atom. The zero-order valence-corrected chi connectivity index (χ0v) is 18.9. The zero-order chi connectivity index (χ0) is 22.6. The lowest BCUT2D eigenvalue weighted by molar-refractivity contribution is -0.120. The minimum absolute atomic E-state index is 0.103. The van der Waals surface area contributed by atoms with Gasteiger partial charge in [-0.3, -0.25) is 4.79 Å². The van der Waals surface area contributed by atoms with Gasteiger partial charge in [-0.25, -0.2) is 13.4 Å². The number of hydrogen-bond acceptors (Lipinski definition) is 7. The molecule has 2 aliphatic heterocycles. The Labute approximate surface area is 188 Å². The van der Waals surface area contributed by atoms with Gasteiger partial charge in [0.05, 0.1) is 30.9 Å². The maximum Gasteiger partial charge on any atom is 0.243 e. The Bertz CT molecular complexity index is 1030. The van der Waals surface area contributed by atoms with Crippen LogP contribution in [0.4, 0.5) is 11.5 Å². The highest BCUT2D eigenvalue weighted by Gasteiger charge is 2.32. The maximum absolute atomic E-state index is 12.9. The van der Waals surface area contributed by atoms with Gasteiger partial charge in [-0.05, 0) is 49.2 Å². The van der Waals surface area contributed by atoms with Crippen LogP contribution in [0.2, 0.25) is 0 Å². The first kappa shape index (κ1) is 22.5. The molecule has 2 aliphatic rings. The molecule has 1 aromatic carbocycles. The van der Waals surface area contributed by atoms with E-state index in [-0.39, 0.29) is 16.7 Å². The molecule has 2 aromatic rings. The molecule has 0 aliphatic carbocycles. The molecule has 0 saturated carbocycles. The Morgan fingerprint density at radius 1 is 1.09 bits per heavy atom. The number of rotatable bonds is 6. The van der Waals surface area contributed by atoms with Gasteiger partial charge >= 0.3 is 0 Å². The lowest BCUT2D eigenvalue weighted by atomic mass is 9.97. The number of ether oxygens (including phenoxy) is 2. The van der Waals surface area contributed by atoms with E-state index in [4.69, 9.17) is 9.47 Å². The summed E-state index contributed by atoms with van der Waals surface area (Å²) in [5, 5.41) is 3.01. The van der Waals surface area contributed by atoms with Crippen molar-refractivity contribution in [1.29, 1.82) is 0 Å². The summed E-state index contributed by atoms with van der Waals surface area (Å²) in [4.78, 5) is 19.7. The average molecular weight is 461 g/mol. The van der Waals surface area contributed by atoms with Gasteiger partial charge in [-0.2, -0.15) is 4.31 Å². The van der Waals surface area contributed by atoms with Gasteiger partial charge in [0.25, 0.3) is 0 Å². The Morgan fingerprint density at radius 2 is 1.78 bits per heavy atom. The molecule has 172 valence electrons. The molecule has 0 unspecified atom stereocenters. The number of morpholine rings is 1. The van der Waals surface area contributed by atoms with Crippen LogP contribution in [0, 0.1) is 5.92 Å². The topological polar surface area (TPSA) is 101 Å². The van der Waals surface area contributed by atoms with Crippen molar-refractivity contribution in [3.63, 3.8) is 0 Å². The fourth-order valence-electron chi connectivity index (χ4n) is 4.01. The molecule has 32 heavy (non-hydrogen) atoms. The number of amides is 1. The second-order valence-electron chi connectivity index (χ2n) is 7.82. The molecule has 2 saturated heterocycles. The number of nitrogens with one attached hydrogen (secondary N) is 1. The van der Waals surface area contributed by atoms with Crippen molar-refractivity contribution in [1.82, 2.24) is 9.29 Å². The number of aromatic nitrogens is 1. The first-order valence-electron chi connectivity index (χ1n) is 10.7. The van der Waals surface area contributed by atoms with E-state index >= 15 is 0 Å². The number of methoxy groups -OCH3 is 1. The number of hydrogen-bond donors (Lipinski definition) is 1. The molecule has 9 nitrogen and oxygen atoms in total. The van der Waals surface area contributed by atoms with Gasteiger partial charge in [-0.1, -0.05) is 0 Å². The smallest absolute Gasteiger partial charge is 0.243 e. The van der Waals surface area contributed by atoms with Gasteiger partial charge in [0.15, 0.2) is 5.82 Å². The maximum atomic E-state index is 12.9. The molecule has 1 N–H and O–H groups in total. The Balaban J connectivity index is 1.38. The Hall–Kier alpha value is -2.69. The van der Waals surface area contributed by atoms with E-state index in [1.165, 1.54) is 11.4 Å². The molecule has 2 fully saturated rings. The largest absolute Gasteiger partial charge is 0.497 e. The van der Waals surface area contributed by atoms with Crippen LogP contribution < -0.4 is 15.0 Å². The van der Waals surface area contributed by atoms with Crippen LogP contribution in [0.3, 0.4) is 0 Å². The summed E-state index contributed by atoms with van der Waals surface area (Å²) in [5.74, 6) is 0.985. The van der Waals surface area contributed by atoms with Crippen molar-refractivity contribution >= 4 is 27.4 Å². The highest BCUT2D eigenvalue weighted by Crippen LogP contribution is 2.28. The monoisotopic (exact) mass is 460 g/mol. The van der Waals surface area contributed by atoms with Crippen molar-refractivity contribution in [3.05, 3.63) is 42.6 Å². The zero-order valence-electron chi connectivity index (χ0n) is 18.1. The van der Waals surface area contributed by atoms with E-state index in [2.05, 4.69) is 15.2 Å². The summed E-state index contributed by atoms with van der Waals surface area (Å²) in [6, 6.07) is 9.99. The van der Waals surface area contributed by atoms with Crippen molar-refractivity contribution in [2.45, 2.75) is 17.7 Å². The van der Waals surface area contributed by atoms with Gasteiger partial charge in [0, 0.05) is 38.3 Å². The van der Waals surface area contributed by atoms with E-state index < -0.39 is 10.0 Å². The number of pyridine rings is 1. The first-order chi connectivity index (χ1) is 15.5. The van der Waals surface area contributed by atoms with Crippen LogP contribution in [-0.4, -0.2) is 70.1 Å². The third kappa shape index (κ3) is 4.87. The van der Waals surface area contributed by atoms with Gasteiger partial charge in [0.2, 0.25) is 15.9 Å². The number of nitrogens with zero attached hydrogens (tertiary/aromatic N) is 3. The predicted octanol–water partition coefficient (Wildman–Crippen LogP) is 1.97. The Kier molecular flexibility index (Phi) is 6.92.